The second-order valence-corrected chi connectivity index (χ2v) is 9.59. The van der Waals surface area contributed by atoms with Gasteiger partial charge in [-0.05, 0) is 53.6 Å². The van der Waals surface area contributed by atoms with Crippen LogP contribution in [-0.2, 0) is 7.05 Å². The quantitative estimate of drug-likeness (QED) is 0.242. The van der Waals surface area contributed by atoms with Gasteiger partial charge >= 0.3 is 0 Å². The SMILES string of the molecule is CN=C(N)N(C)c1ccc2nc(-c3c[nH]c4ccc(-c5ccc(N(C)C(=N)N(C)C)cc5)cc34)n(C)c2c1. The molecule has 0 bridgehead atoms. The van der Waals surface area contributed by atoms with Gasteiger partial charge in [-0.1, -0.05) is 18.2 Å². The van der Waals surface area contributed by atoms with Crippen LogP contribution in [0.15, 0.2) is 71.9 Å². The van der Waals surface area contributed by atoms with Crippen molar-refractivity contribution in [3.05, 3.63) is 66.9 Å². The zero-order valence-electron chi connectivity index (χ0n) is 22.6. The van der Waals surface area contributed by atoms with E-state index in [9.17, 15) is 0 Å². The van der Waals surface area contributed by atoms with Gasteiger partial charge in [0.25, 0.3) is 0 Å². The van der Waals surface area contributed by atoms with E-state index in [1.54, 1.807) is 11.9 Å². The van der Waals surface area contributed by atoms with Gasteiger partial charge in [0.05, 0.1) is 11.0 Å². The van der Waals surface area contributed by atoms with Gasteiger partial charge in [-0.3, -0.25) is 10.4 Å². The number of hydrogen-bond donors (Lipinski definition) is 3. The minimum atomic E-state index is 0.430. The number of imidazole rings is 1. The van der Waals surface area contributed by atoms with Crippen LogP contribution in [0, 0.1) is 5.41 Å². The van der Waals surface area contributed by atoms with Gasteiger partial charge in [-0.2, -0.15) is 0 Å². The number of aromatic nitrogens is 3. The molecule has 9 heteroatoms. The van der Waals surface area contributed by atoms with Crippen molar-refractivity contribution in [1.29, 1.82) is 5.41 Å². The first-order valence-electron chi connectivity index (χ1n) is 12.3. The van der Waals surface area contributed by atoms with Crippen LogP contribution in [0.25, 0.3) is 44.5 Å². The number of rotatable bonds is 4. The molecule has 38 heavy (non-hydrogen) atoms. The summed E-state index contributed by atoms with van der Waals surface area (Å²) in [6, 6.07) is 20.8. The van der Waals surface area contributed by atoms with Crippen molar-refractivity contribution in [3.63, 3.8) is 0 Å². The summed E-state index contributed by atoms with van der Waals surface area (Å²) in [4.78, 5) is 18.0. The number of anilines is 2. The molecule has 4 N–H and O–H groups in total. The molecule has 2 aromatic heterocycles. The van der Waals surface area contributed by atoms with E-state index in [-0.39, 0.29) is 0 Å². The molecule has 0 spiro atoms. The highest BCUT2D eigenvalue weighted by Crippen LogP contribution is 2.34. The van der Waals surface area contributed by atoms with E-state index >= 15 is 0 Å². The van der Waals surface area contributed by atoms with Crippen LogP contribution in [0.2, 0.25) is 0 Å². The molecular weight excluding hydrogens is 474 g/mol. The Balaban J connectivity index is 1.52. The molecular formula is C29H33N9. The van der Waals surface area contributed by atoms with Crippen LogP contribution in [0.3, 0.4) is 0 Å². The molecule has 2 heterocycles. The Morgan fingerprint density at radius 2 is 1.61 bits per heavy atom. The molecule has 0 fully saturated rings. The fourth-order valence-corrected chi connectivity index (χ4v) is 4.69. The number of aliphatic imine (C=N–C) groups is 1. The van der Waals surface area contributed by atoms with E-state index in [1.807, 2.05) is 75.5 Å². The monoisotopic (exact) mass is 507 g/mol. The van der Waals surface area contributed by atoms with Crippen molar-refractivity contribution in [2.75, 3.05) is 45.0 Å². The summed E-state index contributed by atoms with van der Waals surface area (Å²) < 4.78 is 2.12. The first-order valence-corrected chi connectivity index (χ1v) is 12.3. The third-order valence-electron chi connectivity index (χ3n) is 7.08. The molecule has 5 rings (SSSR count). The zero-order valence-corrected chi connectivity index (χ0v) is 22.6. The average molecular weight is 508 g/mol. The lowest BCUT2D eigenvalue weighted by Crippen LogP contribution is -2.37. The Labute approximate surface area is 222 Å². The van der Waals surface area contributed by atoms with E-state index in [1.165, 1.54) is 0 Å². The van der Waals surface area contributed by atoms with Crippen LogP contribution in [0.5, 0.6) is 0 Å². The van der Waals surface area contributed by atoms with Gasteiger partial charge in [0, 0.05) is 76.3 Å². The minimum Gasteiger partial charge on any atom is -0.370 e. The molecule has 9 nitrogen and oxygen atoms in total. The molecule has 0 saturated carbocycles. The summed E-state index contributed by atoms with van der Waals surface area (Å²) in [7, 11) is 11.3. The molecule has 0 atom stereocenters. The van der Waals surface area contributed by atoms with Crippen LogP contribution in [0.1, 0.15) is 0 Å². The maximum absolute atomic E-state index is 8.23. The summed E-state index contributed by atoms with van der Waals surface area (Å²) in [5.74, 6) is 1.77. The van der Waals surface area contributed by atoms with Crippen molar-refractivity contribution in [2.24, 2.45) is 17.8 Å². The highest BCUT2D eigenvalue weighted by Gasteiger charge is 2.16. The molecule has 0 unspecified atom stereocenters. The third-order valence-corrected chi connectivity index (χ3v) is 7.08. The molecule has 5 aromatic rings. The van der Waals surface area contributed by atoms with E-state index in [0.717, 1.165) is 55.8 Å². The van der Waals surface area contributed by atoms with E-state index in [4.69, 9.17) is 16.1 Å². The second kappa shape index (κ2) is 9.59. The molecule has 0 amide bonds. The van der Waals surface area contributed by atoms with Crippen LogP contribution >= 0.6 is 0 Å². The van der Waals surface area contributed by atoms with Crippen LogP contribution < -0.4 is 15.5 Å². The molecule has 0 radical (unpaired) electrons. The van der Waals surface area contributed by atoms with Crippen molar-refractivity contribution in [3.8, 4) is 22.5 Å². The highest BCUT2D eigenvalue weighted by molar-refractivity contribution is 6.00. The summed E-state index contributed by atoms with van der Waals surface area (Å²) in [6.45, 7) is 0. The van der Waals surface area contributed by atoms with Gasteiger partial charge in [-0.15, -0.1) is 0 Å². The van der Waals surface area contributed by atoms with Gasteiger partial charge in [0.2, 0.25) is 0 Å². The maximum Gasteiger partial charge on any atom is 0.197 e. The van der Waals surface area contributed by atoms with Crippen LogP contribution in [0.4, 0.5) is 11.4 Å². The number of hydrogen-bond acceptors (Lipinski definition) is 3. The first kappa shape index (κ1) is 24.9. The lowest BCUT2D eigenvalue weighted by molar-refractivity contribution is 0.603. The summed E-state index contributed by atoms with van der Waals surface area (Å²) in [5, 5.41) is 9.34. The fraction of sp³-hybridized carbons (Fsp3) is 0.207. The Hall–Kier alpha value is -4.79. The fourth-order valence-electron chi connectivity index (χ4n) is 4.69. The molecule has 194 valence electrons. The number of benzene rings is 3. The Bertz CT molecular complexity index is 1670. The third kappa shape index (κ3) is 4.21. The summed E-state index contributed by atoms with van der Waals surface area (Å²) in [5.41, 5.74) is 14.2. The molecule has 0 saturated heterocycles. The minimum absolute atomic E-state index is 0.430. The predicted octanol–water partition coefficient (Wildman–Crippen LogP) is 4.70. The van der Waals surface area contributed by atoms with Gasteiger partial charge in [0.15, 0.2) is 11.9 Å². The second-order valence-electron chi connectivity index (χ2n) is 9.59. The number of guanidine groups is 2. The molecule has 3 aromatic carbocycles. The summed E-state index contributed by atoms with van der Waals surface area (Å²) >= 11 is 0. The standard InChI is InChI=1S/C29H33N9/c1-32-28(30)36(4)21-12-14-25-26(16-21)38(6)27(34-25)23-17-33-24-13-9-19(15-22(23)24)18-7-10-20(11-8-18)37(5)29(31)35(2)3/h7-17,31,33H,1-6H3,(H2,30,32). The molecule has 0 aliphatic carbocycles. The zero-order chi connectivity index (χ0) is 27.1. The molecule has 0 aliphatic heterocycles. The van der Waals surface area contributed by atoms with E-state index in [0.29, 0.717) is 11.9 Å². The van der Waals surface area contributed by atoms with E-state index < -0.39 is 0 Å². The van der Waals surface area contributed by atoms with Gasteiger partial charge in [0.1, 0.15) is 5.82 Å². The van der Waals surface area contributed by atoms with Crippen molar-refractivity contribution in [1.82, 2.24) is 19.4 Å². The number of fused-ring (bicyclic) bond motifs is 2. The Kier molecular flexibility index (Phi) is 6.28. The Morgan fingerprint density at radius 1 is 0.921 bits per heavy atom. The number of aryl methyl sites for hydroxylation is 1. The van der Waals surface area contributed by atoms with Crippen molar-refractivity contribution < 1.29 is 0 Å². The lowest BCUT2D eigenvalue weighted by Gasteiger charge is -2.25. The molecule has 0 aliphatic rings. The van der Waals surface area contributed by atoms with Gasteiger partial charge < -0.3 is 30.0 Å². The van der Waals surface area contributed by atoms with Crippen LogP contribution in [-0.4, -0.2) is 66.6 Å². The maximum atomic E-state index is 8.23. The average Bonchev–Trinajstić information content (AvgIpc) is 3.51. The van der Waals surface area contributed by atoms with E-state index in [2.05, 4.69) is 50.9 Å². The number of nitrogens with two attached hydrogens (primary N) is 1. The van der Waals surface area contributed by atoms with Gasteiger partial charge in [-0.25, -0.2) is 4.98 Å². The number of nitrogens with one attached hydrogen (secondary N) is 2. The topological polar surface area (TPSA) is 106 Å². The number of H-pyrrole nitrogens is 1. The van der Waals surface area contributed by atoms with Crippen molar-refractivity contribution in [2.45, 2.75) is 0 Å². The lowest BCUT2D eigenvalue weighted by atomic mass is 10.0. The smallest absolute Gasteiger partial charge is 0.197 e. The predicted molar refractivity (Wildman–Crippen MR) is 159 cm³/mol. The first-order chi connectivity index (χ1) is 18.2. The summed E-state index contributed by atoms with van der Waals surface area (Å²) in [6.07, 6.45) is 2.02. The Morgan fingerprint density at radius 3 is 2.29 bits per heavy atom. The largest absolute Gasteiger partial charge is 0.370 e. The highest BCUT2D eigenvalue weighted by atomic mass is 15.3. The number of aromatic amines is 1. The normalized spacial score (nSPS) is 11.8. The van der Waals surface area contributed by atoms with Crippen molar-refractivity contribution >= 4 is 45.2 Å². The number of nitrogens with zero attached hydrogens (tertiary/aromatic N) is 6.